The first kappa shape index (κ1) is 10.8. The Morgan fingerprint density at radius 3 is 2.67 bits per heavy atom. The van der Waals surface area contributed by atoms with Gasteiger partial charge < -0.3 is 10.2 Å². The highest BCUT2D eigenvalue weighted by molar-refractivity contribution is 5.82. The van der Waals surface area contributed by atoms with Gasteiger partial charge in [0.15, 0.2) is 5.76 Å². The number of furan rings is 1. The first-order valence-electron chi connectivity index (χ1n) is 5.87. The molecule has 2 heterocycles. The molecule has 0 spiro atoms. The van der Waals surface area contributed by atoms with Crippen LogP contribution in [0.1, 0.15) is 11.3 Å². The summed E-state index contributed by atoms with van der Waals surface area (Å²) in [7, 11) is 0. The molecule has 0 unspecified atom stereocenters. The van der Waals surface area contributed by atoms with Gasteiger partial charge in [0.2, 0.25) is 0 Å². The molecule has 0 atom stereocenters. The summed E-state index contributed by atoms with van der Waals surface area (Å²) in [4.78, 5) is 4.44. The fraction of sp³-hybridized carbons (Fsp3) is 0.133. The van der Waals surface area contributed by atoms with Gasteiger partial charge in [-0.2, -0.15) is 0 Å². The molecule has 0 bridgehead atoms. The number of aromatic nitrogens is 1. The van der Waals surface area contributed by atoms with Crippen LogP contribution in [0.5, 0.6) is 0 Å². The number of aryl methyl sites for hydroxylation is 2. The second kappa shape index (κ2) is 3.88. The van der Waals surface area contributed by atoms with E-state index in [1.54, 1.807) is 0 Å². The first-order valence-corrected chi connectivity index (χ1v) is 5.87. The summed E-state index contributed by atoms with van der Waals surface area (Å²) in [5, 5.41) is 1.10. The van der Waals surface area contributed by atoms with Crippen LogP contribution in [-0.4, -0.2) is 4.98 Å². The topological polar surface area (TPSA) is 52.0 Å². The summed E-state index contributed by atoms with van der Waals surface area (Å²) in [6.45, 7) is 3.96. The molecule has 3 heteroatoms. The molecule has 3 nitrogen and oxygen atoms in total. The van der Waals surface area contributed by atoms with E-state index in [2.05, 4.69) is 18.0 Å². The molecular weight excluding hydrogens is 224 g/mol. The number of rotatable bonds is 1. The highest BCUT2D eigenvalue weighted by Crippen LogP contribution is 2.28. The molecule has 0 amide bonds. The molecule has 90 valence electrons. The predicted octanol–water partition coefficient (Wildman–Crippen LogP) is 3.69. The minimum Gasteiger partial charge on any atom is -0.454 e. The zero-order valence-corrected chi connectivity index (χ0v) is 10.4. The molecule has 2 aromatic heterocycles. The van der Waals surface area contributed by atoms with Crippen molar-refractivity contribution in [3.05, 3.63) is 47.7 Å². The molecule has 0 aliphatic carbocycles. The van der Waals surface area contributed by atoms with Gasteiger partial charge in [-0.25, -0.2) is 4.98 Å². The van der Waals surface area contributed by atoms with E-state index < -0.39 is 0 Å². The third-order valence-corrected chi connectivity index (χ3v) is 3.05. The van der Waals surface area contributed by atoms with Crippen molar-refractivity contribution >= 4 is 16.7 Å². The Bertz CT molecular complexity index is 728. The predicted molar refractivity (Wildman–Crippen MR) is 73.3 cm³/mol. The van der Waals surface area contributed by atoms with E-state index in [9.17, 15) is 0 Å². The molecule has 1 aromatic carbocycles. The SMILES string of the molecule is Cc1ccc2oc(-c3ccc(N)c(C)n3)cc2c1. The number of pyridine rings is 1. The Labute approximate surface area is 105 Å². The molecule has 3 aromatic rings. The van der Waals surface area contributed by atoms with Crippen LogP contribution in [0.2, 0.25) is 0 Å². The van der Waals surface area contributed by atoms with Crippen molar-refractivity contribution in [1.29, 1.82) is 0 Å². The number of nitrogen functional groups attached to an aromatic ring is 1. The Morgan fingerprint density at radius 1 is 1.06 bits per heavy atom. The first-order chi connectivity index (χ1) is 8.63. The lowest BCUT2D eigenvalue weighted by Gasteiger charge is -2.00. The smallest absolute Gasteiger partial charge is 0.153 e. The quantitative estimate of drug-likeness (QED) is 0.703. The molecule has 0 fully saturated rings. The van der Waals surface area contributed by atoms with Gasteiger partial charge in [-0.3, -0.25) is 0 Å². The van der Waals surface area contributed by atoms with Crippen molar-refractivity contribution in [3.63, 3.8) is 0 Å². The minimum absolute atomic E-state index is 0.700. The minimum atomic E-state index is 0.700. The maximum absolute atomic E-state index is 5.80. The maximum atomic E-state index is 5.80. The fourth-order valence-corrected chi connectivity index (χ4v) is 2.00. The number of nitrogens with zero attached hydrogens (tertiary/aromatic N) is 1. The number of nitrogens with two attached hydrogens (primary N) is 1. The van der Waals surface area contributed by atoms with Crippen molar-refractivity contribution in [2.75, 3.05) is 5.73 Å². The van der Waals surface area contributed by atoms with E-state index in [-0.39, 0.29) is 0 Å². The van der Waals surface area contributed by atoms with Crippen molar-refractivity contribution in [2.24, 2.45) is 0 Å². The molecule has 3 rings (SSSR count). The van der Waals surface area contributed by atoms with Gasteiger partial charge in [-0.05, 0) is 44.2 Å². The van der Waals surface area contributed by atoms with Crippen LogP contribution in [0.3, 0.4) is 0 Å². The summed E-state index contributed by atoms with van der Waals surface area (Å²) >= 11 is 0. The number of anilines is 1. The van der Waals surface area contributed by atoms with Gasteiger partial charge in [-0.1, -0.05) is 11.6 Å². The summed E-state index contributed by atoms with van der Waals surface area (Å²) in [6.07, 6.45) is 0. The summed E-state index contributed by atoms with van der Waals surface area (Å²) < 4.78 is 5.80. The van der Waals surface area contributed by atoms with Crippen LogP contribution in [-0.2, 0) is 0 Å². The molecule has 18 heavy (non-hydrogen) atoms. The summed E-state index contributed by atoms with van der Waals surface area (Å²) in [5.41, 5.74) is 10.2. The van der Waals surface area contributed by atoms with Crippen LogP contribution >= 0.6 is 0 Å². The number of hydrogen-bond donors (Lipinski definition) is 1. The van der Waals surface area contributed by atoms with Crippen molar-refractivity contribution in [2.45, 2.75) is 13.8 Å². The molecular formula is C15H14N2O. The Balaban J connectivity index is 2.16. The second-order valence-electron chi connectivity index (χ2n) is 4.52. The van der Waals surface area contributed by atoms with Crippen LogP contribution < -0.4 is 5.73 Å². The zero-order chi connectivity index (χ0) is 12.7. The van der Waals surface area contributed by atoms with E-state index in [0.717, 1.165) is 28.1 Å². The van der Waals surface area contributed by atoms with Gasteiger partial charge in [0.25, 0.3) is 0 Å². The van der Waals surface area contributed by atoms with Crippen molar-refractivity contribution in [1.82, 2.24) is 4.98 Å². The molecule has 0 saturated heterocycles. The van der Waals surface area contributed by atoms with Crippen molar-refractivity contribution < 1.29 is 4.42 Å². The van der Waals surface area contributed by atoms with E-state index in [0.29, 0.717) is 5.69 Å². The molecule has 0 aliphatic rings. The van der Waals surface area contributed by atoms with Gasteiger partial charge in [0.1, 0.15) is 11.3 Å². The molecule has 0 radical (unpaired) electrons. The molecule has 0 saturated carbocycles. The van der Waals surface area contributed by atoms with Crippen LogP contribution in [0, 0.1) is 13.8 Å². The Kier molecular flexibility index (Phi) is 2.33. The van der Waals surface area contributed by atoms with Gasteiger partial charge in [-0.15, -0.1) is 0 Å². The number of benzene rings is 1. The molecule has 0 aliphatic heterocycles. The normalized spacial score (nSPS) is 11.0. The number of hydrogen-bond acceptors (Lipinski definition) is 3. The van der Waals surface area contributed by atoms with Crippen LogP contribution in [0.4, 0.5) is 5.69 Å². The van der Waals surface area contributed by atoms with Crippen LogP contribution in [0.25, 0.3) is 22.4 Å². The molecule has 2 N–H and O–H groups in total. The zero-order valence-electron chi connectivity index (χ0n) is 10.4. The van der Waals surface area contributed by atoms with E-state index in [1.807, 2.05) is 37.3 Å². The monoisotopic (exact) mass is 238 g/mol. The lowest BCUT2D eigenvalue weighted by molar-refractivity contribution is 0.628. The van der Waals surface area contributed by atoms with Crippen LogP contribution in [0.15, 0.2) is 40.8 Å². The average Bonchev–Trinajstić information content (AvgIpc) is 2.75. The van der Waals surface area contributed by atoms with Gasteiger partial charge in [0, 0.05) is 5.39 Å². The fourth-order valence-electron chi connectivity index (χ4n) is 2.00. The maximum Gasteiger partial charge on any atom is 0.153 e. The van der Waals surface area contributed by atoms with Crippen molar-refractivity contribution in [3.8, 4) is 11.5 Å². The van der Waals surface area contributed by atoms with Gasteiger partial charge >= 0.3 is 0 Å². The summed E-state index contributed by atoms with van der Waals surface area (Å²) in [5.74, 6) is 0.777. The highest BCUT2D eigenvalue weighted by Gasteiger charge is 2.08. The van der Waals surface area contributed by atoms with E-state index in [1.165, 1.54) is 5.56 Å². The van der Waals surface area contributed by atoms with Gasteiger partial charge in [0.05, 0.1) is 11.4 Å². The third-order valence-electron chi connectivity index (χ3n) is 3.05. The Morgan fingerprint density at radius 2 is 1.89 bits per heavy atom. The lowest BCUT2D eigenvalue weighted by atomic mass is 10.1. The highest BCUT2D eigenvalue weighted by atomic mass is 16.3. The standard InChI is InChI=1S/C15H14N2O/c1-9-3-6-14-11(7-9)8-15(18-14)13-5-4-12(16)10(2)17-13/h3-8H,16H2,1-2H3. The number of fused-ring (bicyclic) bond motifs is 1. The Hall–Kier alpha value is -2.29. The van der Waals surface area contributed by atoms with E-state index in [4.69, 9.17) is 10.2 Å². The average molecular weight is 238 g/mol. The summed E-state index contributed by atoms with van der Waals surface area (Å²) in [6, 6.07) is 11.9. The second-order valence-corrected chi connectivity index (χ2v) is 4.52. The van der Waals surface area contributed by atoms with E-state index >= 15 is 0 Å². The lowest BCUT2D eigenvalue weighted by Crippen LogP contribution is -1.93. The third kappa shape index (κ3) is 1.74. The largest absolute Gasteiger partial charge is 0.454 e.